The van der Waals surface area contributed by atoms with Crippen LogP contribution in [0.1, 0.15) is 0 Å². The van der Waals surface area contributed by atoms with Crippen molar-refractivity contribution in [1.29, 1.82) is 0 Å². The summed E-state index contributed by atoms with van der Waals surface area (Å²) < 4.78 is 29.6. The van der Waals surface area contributed by atoms with Crippen LogP contribution in [0.2, 0.25) is 0 Å². The highest BCUT2D eigenvalue weighted by atomic mass is 32.2. The van der Waals surface area contributed by atoms with Crippen LogP contribution < -0.4 is 4.72 Å². The second-order valence-corrected chi connectivity index (χ2v) is 9.91. The number of sulfonamides is 1. The first-order valence-electron chi connectivity index (χ1n) is 8.53. The molecule has 29 heavy (non-hydrogen) atoms. The molecule has 0 aliphatic rings. The van der Waals surface area contributed by atoms with Crippen LogP contribution in [0.3, 0.4) is 0 Å². The summed E-state index contributed by atoms with van der Waals surface area (Å²) in [5.74, 6) is 0.673. The van der Waals surface area contributed by atoms with Crippen LogP contribution in [-0.4, -0.2) is 28.2 Å². The zero-order valence-electron chi connectivity index (χ0n) is 14.8. The van der Waals surface area contributed by atoms with E-state index in [1.165, 1.54) is 11.3 Å². The number of rotatable bonds is 5. The summed E-state index contributed by atoms with van der Waals surface area (Å²) in [4.78, 5) is 0.972. The third-order valence-corrected chi connectivity index (χ3v) is 7.82. The smallest absolute Gasteiger partial charge is 0.271 e. The van der Waals surface area contributed by atoms with Gasteiger partial charge in [-0.3, -0.25) is 4.72 Å². The zero-order chi connectivity index (χ0) is 19.8. The summed E-state index contributed by atoms with van der Waals surface area (Å²) in [5, 5.41) is 16.8. The molecule has 0 saturated heterocycles. The third-order valence-electron chi connectivity index (χ3n) is 4.17. The van der Waals surface area contributed by atoms with Crippen molar-refractivity contribution in [2.24, 2.45) is 0 Å². The fraction of sp³-hybridized carbons (Fsp3) is 0. The van der Waals surface area contributed by atoms with Crippen LogP contribution in [0, 0.1) is 0 Å². The van der Waals surface area contributed by atoms with E-state index in [1.807, 2.05) is 35.7 Å². The number of nitrogens with one attached hydrogen (secondary N) is 1. The van der Waals surface area contributed by atoms with Crippen LogP contribution in [0.5, 0.6) is 0 Å². The van der Waals surface area contributed by atoms with Crippen LogP contribution in [0.15, 0.2) is 75.6 Å². The topological polar surface area (TPSA) is 89.2 Å². The predicted octanol–water partition coefficient (Wildman–Crippen LogP) is 4.38. The molecule has 0 bridgehead atoms. The normalized spacial score (nSPS) is 11.7. The minimum atomic E-state index is -3.61. The summed E-state index contributed by atoms with van der Waals surface area (Å²) in [5.41, 5.74) is 2.59. The van der Waals surface area contributed by atoms with Gasteiger partial charge in [0.1, 0.15) is 4.21 Å². The van der Waals surface area contributed by atoms with Crippen molar-refractivity contribution >= 4 is 44.0 Å². The van der Waals surface area contributed by atoms with Gasteiger partial charge in [0.25, 0.3) is 10.0 Å². The van der Waals surface area contributed by atoms with E-state index in [0.29, 0.717) is 22.9 Å². The molecule has 4 aromatic heterocycles. The van der Waals surface area contributed by atoms with E-state index >= 15 is 0 Å². The number of hydrogen-bond donors (Lipinski definition) is 1. The monoisotopic (exact) mass is 439 g/mol. The lowest BCUT2D eigenvalue weighted by atomic mass is 10.1. The molecule has 0 aliphatic carbocycles. The lowest BCUT2D eigenvalue weighted by Crippen LogP contribution is -2.11. The Morgan fingerprint density at radius 2 is 1.76 bits per heavy atom. The molecule has 0 aliphatic heterocycles. The highest BCUT2D eigenvalue weighted by Gasteiger charge is 2.16. The number of aromatic nitrogens is 4. The van der Waals surface area contributed by atoms with Gasteiger partial charge in [0.2, 0.25) is 0 Å². The fourth-order valence-corrected chi connectivity index (χ4v) is 5.60. The first-order valence-corrected chi connectivity index (χ1v) is 11.8. The molecule has 7 nitrogen and oxygen atoms in total. The molecule has 0 saturated carbocycles. The number of thiophene rings is 2. The van der Waals surface area contributed by atoms with Gasteiger partial charge < -0.3 is 0 Å². The molecule has 5 rings (SSSR count). The van der Waals surface area contributed by atoms with Gasteiger partial charge in [-0.1, -0.05) is 24.3 Å². The summed E-state index contributed by atoms with van der Waals surface area (Å²) >= 11 is 2.74. The number of fused-ring (bicyclic) bond motifs is 1. The Labute approximate surface area is 174 Å². The van der Waals surface area contributed by atoms with Crippen molar-refractivity contribution in [3.8, 4) is 22.0 Å². The first-order chi connectivity index (χ1) is 14.1. The van der Waals surface area contributed by atoms with Gasteiger partial charge in [0, 0.05) is 11.3 Å². The standard InChI is InChI=1S/C19H13N5O2S3/c25-29(26,18-7-3-11-28-18)23-14-5-1-4-13(12-14)15-8-9-17-20-21-19(24(17)22-15)16-6-2-10-27-16/h1-12,23H. The van der Waals surface area contributed by atoms with Gasteiger partial charge in [-0.25, -0.2) is 8.42 Å². The van der Waals surface area contributed by atoms with Gasteiger partial charge in [-0.2, -0.15) is 9.61 Å². The maximum Gasteiger partial charge on any atom is 0.271 e. The molecule has 0 fully saturated rings. The quantitative estimate of drug-likeness (QED) is 0.439. The van der Waals surface area contributed by atoms with Crippen molar-refractivity contribution in [1.82, 2.24) is 19.8 Å². The van der Waals surface area contributed by atoms with Crippen LogP contribution >= 0.6 is 22.7 Å². The molecule has 0 atom stereocenters. The minimum Gasteiger partial charge on any atom is -0.279 e. The molecular formula is C19H13N5O2S3. The van der Waals surface area contributed by atoms with Gasteiger partial charge in [-0.05, 0) is 47.2 Å². The predicted molar refractivity (Wildman–Crippen MR) is 115 cm³/mol. The second-order valence-electron chi connectivity index (χ2n) is 6.11. The maximum absolute atomic E-state index is 12.5. The number of hydrogen-bond acceptors (Lipinski definition) is 7. The Kier molecular flexibility index (Phi) is 4.38. The molecule has 144 valence electrons. The number of benzene rings is 1. The third kappa shape index (κ3) is 3.41. The molecular weight excluding hydrogens is 426 g/mol. The SMILES string of the molecule is O=S(=O)(Nc1cccc(-c2ccc3nnc(-c4cccs4)n3n2)c1)c1cccs1. The minimum absolute atomic E-state index is 0.271. The maximum atomic E-state index is 12.5. The Morgan fingerprint density at radius 1 is 0.897 bits per heavy atom. The summed E-state index contributed by atoms with van der Waals surface area (Å²) in [7, 11) is -3.61. The highest BCUT2D eigenvalue weighted by molar-refractivity contribution is 7.94. The lowest BCUT2D eigenvalue weighted by Gasteiger charge is -2.08. The second kappa shape index (κ2) is 7.07. The molecule has 4 heterocycles. The van der Waals surface area contributed by atoms with E-state index in [0.717, 1.165) is 10.4 Å². The average Bonchev–Trinajstić information content (AvgIpc) is 3.48. The van der Waals surface area contributed by atoms with Crippen molar-refractivity contribution in [3.63, 3.8) is 0 Å². The van der Waals surface area contributed by atoms with Crippen molar-refractivity contribution < 1.29 is 8.42 Å². The highest BCUT2D eigenvalue weighted by Crippen LogP contribution is 2.27. The average molecular weight is 440 g/mol. The van der Waals surface area contributed by atoms with E-state index < -0.39 is 10.0 Å². The molecule has 1 N–H and O–H groups in total. The van der Waals surface area contributed by atoms with Crippen molar-refractivity contribution in [3.05, 3.63) is 71.4 Å². The van der Waals surface area contributed by atoms with E-state index in [1.54, 1.807) is 51.6 Å². The Balaban J connectivity index is 1.52. The van der Waals surface area contributed by atoms with E-state index in [-0.39, 0.29) is 4.21 Å². The zero-order valence-corrected chi connectivity index (χ0v) is 17.2. The molecule has 0 spiro atoms. The summed E-state index contributed by atoms with van der Waals surface area (Å²) in [6.07, 6.45) is 0. The molecule has 0 amide bonds. The van der Waals surface area contributed by atoms with Crippen LogP contribution in [-0.2, 0) is 10.0 Å². The lowest BCUT2D eigenvalue weighted by molar-refractivity contribution is 0.603. The Morgan fingerprint density at radius 3 is 2.55 bits per heavy atom. The fourth-order valence-electron chi connectivity index (χ4n) is 2.87. The molecule has 5 aromatic rings. The molecule has 10 heteroatoms. The van der Waals surface area contributed by atoms with Crippen LogP contribution in [0.4, 0.5) is 5.69 Å². The summed E-state index contributed by atoms with van der Waals surface area (Å²) in [6.45, 7) is 0. The number of nitrogens with zero attached hydrogens (tertiary/aromatic N) is 4. The molecule has 0 unspecified atom stereocenters. The van der Waals surface area contributed by atoms with Gasteiger partial charge >= 0.3 is 0 Å². The molecule has 0 radical (unpaired) electrons. The van der Waals surface area contributed by atoms with Crippen LogP contribution in [0.25, 0.3) is 27.6 Å². The van der Waals surface area contributed by atoms with Crippen molar-refractivity contribution in [2.75, 3.05) is 4.72 Å². The Bertz CT molecular complexity index is 1390. The van der Waals surface area contributed by atoms with E-state index in [4.69, 9.17) is 0 Å². The molecule has 1 aromatic carbocycles. The van der Waals surface area contributed by atoms with E-state index in [2.05, 4.69) is 20.0 Å². The van der Waals surface area contributed by atoms with Gasteiger partial charge in [0.15, 0.2) is 11.5 Å². The van der Waals surface area contributed by atoms with Gasteiger partial charge in [-0.15, -0.1) is 32.9 Å². The first kappa shape index (κ1) is 18.0. The number of anilines is 1. The Hall–Kier alpha value is -3.08. The van der Waals surface area contributed by atoms with Gasteiger partial charge in [0.05, 0.1) is 10.6 Å². The van der Waals surface area contributed by atoms with Crippen molar-refractivity contribution in [2.45, 2.75) is 4.21 Å². The largest absolute Gasteiger partial charge is 0.279 e. The van der Waals surface area contributed by atoms with E-state index in [9.17, 15) is 8.42 Å². The summed E-state index contributed by atoms with van der Waals surface area (Å²) in [6, 6.07) is 18.0.